The second kappa shape index (κ2) is 9.17. The van der Waals surface area contributed by atoms with Crippen molar-refractivity contribution in [2.45, 2.75) is 59.0 Å². The molecule has 0 radical (unpaired) electrons. The number of carbonyl (C=O) groups is 1. The Morgan fingerprint density at radius 2 is 1.94 bits per heavy atom. The smallest absolute Gasteiger partial charge is 0.329 e. The molecule has 0 spiro atoms. The molecular formula is C26H31N3O4. The van der Waals surface area contributed by atoms with Crippen LogP contribution in [0.2, 0.25) is 0 Å². The van der Waals surface area contributed by atoms with E-state index in [1.54, 1.807) is 9.13 Å². The molecule has 0 fully saturated rings. The average molecular weight is 450 g/mol. The molecular weight excluding hydrogens is 418 g/mol. The van der Waals surface area contributed by atoms with Crippen LogP contribution in [0.25, 0.3) is 21.9 Å². The lowest BCUT2D eigenvalue weighted by atomic mass is 10.0. The van der Waals surface area contributed by atoms with Crippen molar-refractivity contribution in [2.75, 3.05) is 6.61 Å². The molecule has 0 aliphatic heterocycles. The second-order valence-corrected chi connectivity index (χ2v) is 8.56. The number of hydrogen-bond acceptors (Lipinski definition) is 3. The molecule has 4 aromatic rings. The first kappa shape index (κ1) is 22.7. The van der Waals surface area contributed by atoms with Gasteiger partial charge in [0.05, 0.1) is 30.1 Å². The Hall–Kier alpha value is -3.48. The van der Waals surface area contributed by atoms with E-state index in [1.165, 1.54) is 0 Å². The quantitative estimate of drug-likeness (QED) is 0.357. The Balaban J connectivity index is 1.97. The van der Waals surface area contributed by atoms with Crippen molar-refractivity contribution in [3.63, 3.8) is 0 Å². The Labute approximate surface area is 192 Å². The van der Waals surface area contributed by atoms with Crippen LogP contribution in [0.15, 0.2) is 47.4 Å². The van der Waals surface area contributed by atoms with E-state index in [1.807, 2.05) is 57.3 Å². The number of fused-ring (bicyclic) bond motifs is 2. The number of nitrogens with one attached hydrogen (secondary N) is 1. The molecule has 0 amide bonds. The molecule has 0 bridgehead atoms. The summed E-state index contributed by atoms with van der Waals surface area (Å²) >= 11 is 0. The predicted molar refractivity (Wildman–Crippen MR) is 130 cm³/mol. The molecule has 0 aliphatic rings. The van der Waals surface area contributed by atoms with Gasteiger partial charge in [-0.1, -0.05) is 25.5 Å². The van der Waals surface area contributed by atoms with Crippen LogP contribution in [-0.2, 0) is 4.79 Å². The monoisotopic (exact) mass is 449 g/mol. The predicted octanol–water partition coefficient (Wildman–Crippen LogP) is 5.42. The molecule has 7 heteroatoms. The summed E-state index contributed by atoms with van der Waals surface area (Å²) in [5, 5.41) is 10.6. The van der Waals surface area contributed by atoms with E-state index in [-0.39, 0.29) is 18.2 Å². The van der Waals surface area contributed by atoms with Crippen LogP contribution < -0.4 is 10.4 Å². The number of aryl methyl sites for hydroxylation is 1. The third-order valence-corrected chi connectivity index (χ3v) is 6.37. The molecule has 0 aliphatic carbocycles. The summed E-state index contributed by atoms with van der Waals surface area (Å²) in [4.78, 5) is 28.9. The molecule has 33 heavy (non-hydrogen) atoms. The molecule has 0 saturated heterocycles. The van der Waals surface area contributed by atoms with Crippen LogP contribution in [-0.4, -0.2) is 31.8 Å². The number of aromatic nitrogens is 3. The molecule has 7 nitrogen and oxygen atoms in total. The summed E-state index contributed by atoms with van der Waals surface area (Å²) in [6.07, 6.45) is 3.24. The van der Waals surface area contributed by atoms with E-state index >= 15 is 0 Å². The fourth-order valence-corrected chi connectivity index (χ4v) is 4.93. The van der Waals surface area contributed by atoms with Gasteiger partial charge in [-0.3, -0.25) is 13.9 Å². The molecule has 2 N–H and O–H groups in total. The van der Waals surface area contributed by atoms with Gasteiger partial charge in [-0.25, -0.2) is 4.79 Å². The van der Waals surface area contributed by atoms with Gasteiger partial charge in [-0.2, -0.15) is 0 Å². The Morgan fingerprint density at radius 1 is 1.15 bits per heavy atom. The van der Waals surface area contributed by atoms with E-state index in [2.05, 4.69) is 18.0 Å². The number of aliphatic carboxylic acids is 1. The van der Waals surface area contributed by atoms with E-state index < -0.39 is 12.0 Å². The Kier molecular flexibility index (Phi) is 6.31. The number of benzene rings is 2. The van der Waals surface area contributed by atoms with E-state index in [0.29, 0.717) is 24.3 Å². The highest BCUT2D eigenvalue weighted by Crippen LogP contribution is 2.33. The standard InChI is InChI=1S/C26H31N3O4/c1-5-8-18(13-24(30)31)29-23-14-19(33-6-2)11-12-22(23)28(26(29)32)17(4)20-15-27-21-10-7-9-16(3)25(20)21/h7,9-12,14-15,17-18,27H,5-6,8,13H2,1-4H3,(H,30,31)/t17-,18?/m0/s1. The third-order valence-electron chi connectivity index (χ3n) is 6.37. The maximum Gasteiger partial charge on any atom is 0.329 e. The summed E-state index contributed by atoms with van der Waals surface area (Å²) in [5.74, 6) is -0.250. The lowest BCUT2D eigenvalue weighted by Crippen LogP contribution is -2.30. The fraction of sp³-hybridized carbons (Fsp3) is 0.385. The normalized spacial score (nSPS) is 13.5. The minimum Gasteiger partial charge on any atom is -0.494 e. The molecule has 2 aromatic carbocycles. The highest BCUT2D eigenvalue weighted by molar-refractivity contribution is 5.87. The van der Waals surface area contributed by atoms with E-state index in [0.717, 1.165) is 34.0 Å². The van der Waals surface area contributed by atoms with Crippen molar-refractivity contribution >= 4 is 27.9 Å². The van der Waals surface area contributed by atoms with Crippen LogP contribution in [0.5, 0.6) is 5.75 Å². The van der Waals surface area contributed by atoms with Crippen LogP contribution in [0.4, 0.5) is 0 Å². The van der Waals surface area contributed by atoms with Crippen LogP contribution in [0.3, 0.4) is 0 Å². The maximum absolute atomic E-state index is 13.9. The SMILES string of the molecule is CCCC(CC(=O)O)n1c(=O)n([C@@H](C)c2c[nH]c3cccc(C)c23)c2ccc(OCC)cc21. The molecule has 174 valence electrons. The van der Waals surface area contributed by atoms with E-state index in [9.17, 15) is 14.7 Å². The molecule has 0 saturated carbocycles. The maximum atomic E-state index is 13.9. The Morgan fingerprint density at radius 3 is 2.64 bits per heavy atom. The van der Waals surface area contributed by atoms with Crippen molar-refractivity contribution in [2.24, 2.45) is 0 Å². The zero-order chi connectivity index (χ0) is 23.7. The average Bonchev–Trinajstić information content (AvgIpc) is 3.32. The first-order valence-corrected chi connectivity index (χ1v) is 11.5. The van der Waals surface area contributed by atoms with Gasteiger partial charge in [0, 0.05) is 34.8 Å². The summed E-state index contributed by atoms with van der Waals surface area (Å²) in [5.41, 5.74) is 4.47. The van der Waals surface area contributed by atoms with Gasteiger partial charge in [-0.15, -0.1) is 0 Å². The van der Waals surface area contributed by atoms with Crippen LogP contribution >= 0.6 is 0 Å². The van der Waals surface area contributed by atoms with Crippen molar-refractivity contribution in [3.05, 3.63) is 64.2 Å². The van der Waals surface area contributed by atoms with Crippen LogP contribution in [0.1, 0.15) is 63.2 Å². The number of nitrogens with zero attached hydrogens (tertiary/aromatic N) is 2. The molecule has 4 rings (SSSR count). The van der Waals surface area contributed by atoms with Crippen molar-refractivity contribution in [1.29, 1.82) is 0 Å². The van der Waals surface area contributed by atoms with Crippen molar-refractivity contribution in [1.82, 2.24) is 14.1 Å². The third kappa shape index (κ3) is 4.03. The topological polar surface area (TPSA) is 89.2 Å². The summed E-state index contributed by atoms with van der Waals surface area (Å²) in [6, 6.07) is 11.1. The molecule has 2 atom stereocenters. The zero-order valence-corrected chi connectivity index (χ0v) is 19.6. The number of carboxylic acids is 1. The molecule has 2 heterocycles. The minimum absolute atomic E-state index is 0.105. The van der Waals surface area contributed by atoms with Crippen molar-refractivity contribution < 1.29 is 14.6 Å². The van der Waals surface area contributed by atoms with Gasteiger partial charge in [0.15, 0.2) is 0 Å². The Bertz CT molecular complexity index is 1360. The summed E-state index contributed by atoms with van der Waals surface area (Å²) in [7, 11) is 0. The number of hydrogen-bond donors (Lipinski definition) is 2. The highest BCUT2D eigenvalue weighted by atomic mass is 16.5. The summed E-state index contributed by atoms with van der Waals surface area (Å²) < 4.78 is 9.14. The lowest BCUT2D eigenvalue weighted by molar-refractivity contribution is -0.137. The number of H-pyrrole nitrogens is 1. The number of imidazole rings is 1. The van der Waals surface area contributed by atoms with Crippen molar-refractivity contribution in [3.8, 4) is 5.75 Å². The van der Waals surface area contributed by atoms with Gasteiger partial charge in [0.2, 0.25) is 0 Å². The fourth-order valence-electron chi connectivity index (χ4n) is 4.93. The summed E-state index contributed by atoms with van der Waals surface area (Å²) in [6.45, 7) is 8.50. The highest BCUT2D eigenvalue weighted by Gasteiger charge is 2.26. The first-order valence-electron chi connectivity index (χ1n) is 11.5. The lowest BCUT2D eigenvalue weighted by Gasteiger charge is -2.17. The molecule has 1 unspecified atom stereocenters. The number of carboxylic acid groups (broad SMARTS) is 1. The van der Waals surface area contributed by atoms with Gasteiger partial charge >= 0.3 is 11.7 Å². The van der Waals surface area contributed by atoms with Gasteiger partial charge in [0.25, 0.3) is 0 Å². The first-order chi connectivity index (χ1) is 15.9. The van der Waals surface area contributed by atoms with Gasteiger partial charge in [-0.05, 0) is 51.0 Å². The molecule has 2 aromatic heterocycles. The van der Waals surface area contributed by atoms with Gasteiger partial charge < -0.3 is 14.8 Å². The van der Waals surface area contributed by atoms with E-state index in [4.69, 9.17) is 4.74 Å². The number of rotatable bonds is 9. The largest absolute Gasteiger partial charge is 0.494 e. The zero-order valence-electron chi connectivity index (χ0n) is 19.6. The number of ether oxygens (including phenoxy) is 1. The van der Waals surface area contributed by atoms with Gasteiger partial charge in [0.1, 0.15) is 5.75 Å². The minimum atomic E-state index is -0.914. The second-order valence-electron chi connectivity index (χ2n) is 8.56. The van der Waals surface area contributed by atoms with Crippen LogP contribution in [0, 0.1) is 6.92 Å². The number of aromatic amines is 1.